The third-order valence-corrected chi connectivity index (χ3v) is 3.03. The number of oxime groups is 1. The maximum atomic E-state index is 8.51. The van der Waals surface area contributed by atoms with Crippen LogP contribution >= 0.6 is 0 Å². The second kappa shape index (κ2) is 7.46. The molecule has 16 heavy (non-hydrogen) atoms. The molecule has 1 saturated heterocycles. The fourth-order valence-electron chi connectivity index (χ4n) is 1.96. The van der Waals surface area contributed by atoms with Crippen LogP contribution < -0.4 is 11.1 Å². The SMILES string of the molecule is CCC(CC(N)=NO)NCC1CCCOC1. The lowest BCUT2D eigenvalue weighted by atomic mass is 10.0. The minimum Gasteiger partial charge on any atom is -0.409 e. The molecular formula is C11H23N3O2. The van der Waals surface area contributed by atoms with Crippen molar-refractivity contribution < 1.29 is 9.94 Å². The van der Waals surface area contributed by atoms with Crippen molar-refractivity contribution in [1.29, 1.82) is 0 Å². The van der Waals surface area contributed by atoms with Gasteiger partial charge in [-0.25, -0.2) is 0 Å². The van der Waals surface area contributed by atoms with Crippen molar-refractivity contribution in [3.05, 3.63) is 0 Å². The molecule has 2 atom stereocenters. The third-order valence-electron chi connectivity index (χ3n) is 3.03. The summed E-state index contributed by atoms with van der Waals surface area (Å²) in [5.41, 5.74) is 5.49. The van der Waals surface area contributed by atoms with Gasteiger partial charge in [-0.2, -0.15) is 0 Å². The molecule has 5 nitrogen and oxygen atoms in total. The first-order chi connectivity index (χ1) is 7.76. The molecule has 0 aliphatic carbocycles. The summed E-state index contributed by atoms with van der Waals surface area (Å²) in [6, 6.07) is 0.290. The van der Waals surface area contributed by atoms with Gasteiger partial charge in [0, 0.05) is 25.6 Å². The molecule has 1 rings (SSSR count). The molecule has 0 bridgehead atoms. The van der Waals surface area contributed by atoms with E-state index >= 15 is 0 Å². The molecule has 94 valence electrons. The van der Waals surface area contributed by atoms with E-state index in [1.54, 1.807) is 0 Å². The molecule has 1 aliphatic rings. The molecule has 0 aromatic rings. The first-order valence-corrected chi connectivity index (χ1v) is 6.03. The highest BCUT2D eigenvalue weighted by atomic mass is 16.5. The van der Waals surface area contributed by atoms with Gasteiger partial charge < -0.3 is 21.0 Å². The summed E-state index contributed by atoms with van der Waals surface area (Å²) in [4.78, 5) is 0. The zero-order valence-electron chi connectivity index (χ0n) is 9.98. The number of nitrogens with two attached hydrogens (primary N) is 1. The Balaban J connectivity index is 2.22. The fourth-order valence-corrected chi connectivity index (χ4v) is 1.96. The van der Waals surface area contributed by atoms with Gasteiger partial charge in [0.25, 0.3) is 0 Å². The van der Waals surface area contributed by atoms with E-state index in [0.29, 0.717) is 18.2 Å². The minimum absolute atomic E-state index is 0.290. The van der Waals surface area contributed by atoms with Crippen molar-refractivity contribution in [2.45, 2.75) is 38.6 Å². The van der Waals surface area contributed by atoms with E-state index in [4.69, 9.17) is 15.7 Å². The Morgan fingerprint density at radius 1 is 1.69 bits per heavy atom. The Bertz CT molecular complexity index is 215. The van der Waals surface area contributed by atoms with Crippen LogP contribution in [0.5, 0.6) is 0 Å². The van der Waals surface area contributed by atoms with Gasteiger partial charge >= 0.3 is 0 Å². The minimum atomic E-state index is 0.290. The molecule has 1 aliphatic heterocycles. The van der Waals surface area contributed by atoms with Crippen molar-refractivity contribution in [2.75, 3.05) is 19.8 Å². The van der Waals surface area contributed by atoms with Gasteiger partial charge in [-0.1, -0.05) is 12.1 Å². The number of hydrogen-bond acceptors (Lipinski definition) is 4. The van der Waals surface area contributed by atoms with E-state index < -0.39 is 0 Å². The number of ether oxygens (including phenoxy) is 1. The predicted octanol–water partition coefficient (Wildman–Crippen LogP) is 0.918. The van der Waals surface area contributed by atoms with Crippen LogP contribution in [0.3, 0.4) is 0 Å². The maximum Gasteiger partial charge on any atom is 0.140 e. The summed E-state index contributed by atoms with van der Waals surface area (Å²) < 4.78 is 5.42. The van der Waals surface area contributed by atoms with Crippen LogP contribution in [0.4, 0.5) is 0 Å². The van der Waals surface area contributed by atoms with Gasteiger partial charge in [-0.05, 0) is 25.2 Å². The van der Waals surface area contributed by atoms with Crippen LogP contribution in [0.1, 0.15) is 32.6 Å². The quantitative estimate of drug-likeness (QED) is 0.274. The van der Waals surface area contributed by atoms with E-state index in [2.05, 4.69) is 17.4 Å². The normalized spacial score (nSPS) is 24.3. The number of nitrogens with one attached hydrogen (secondary N) is 1. The molecule has 1 fully saturated rings. The van der Waals surface area contributed by atoms with Crippen molar-refractivity contribution >= 4 is 5.84 Å². The molecule has 0 spiro atoms. The van der Waals surface area contributed by atoms with E-state index in [-0.39, 0.29) is 6.04 Å². The molecule has 0 radical (unpaired) electrons. The number of hydrogen-bond donors (Lipinski definition) is 3. The average molecular weight is 229 g/mol. The van der Waals surface area contributed by atoms with Crippen LogP contribution in [-0.2, 0) is 4.74 Å². The van der Waals surface area contributed by atoms with E-state index in [1.807, 2.05) is 0 Å². The first-order valence-electron chi connectivity index (χ1n) is 6.03. The average Bonchev–Trinajstić information content (AvgIpc) is 2.35. The second-order valence-electron chi connectivity index (χ2n) is 4.39. The van der Waals surface area contributed by atoms with Crippen molar-refractivity contribution in [3.8, 4) is 0 Å². The van der Waals surface area contributed by atoms with Gasteiger partial charge in [0.15, 0.2) is 0 Å². The van der Waals surface area contributed by atoms with Gasteiger partial charge in [0.1, 0.15) is 5.84 Å². The highest BCUT2D eigenvalue weighted by molar-refractivity contribution is 5.80. The van der Waals surface area contributed by atoms with Crippen molar-refractivity contribution in [3.63, 3.8) is 0 Å². The van der Waals surface area contributed by atoms with Gasteiger partial charge in [-0.3, -0.25) is 0 Å². The summed E-state index contributed by atoms with van der Waals surface area (Å²) in [7, 11) is 0. The molecular weight excluding hydrogens is 206 g/mol. The maximum absolute atomic E-state index is 8.51. The van der Waals surface area contributed by atoms with E-state index in [1.165, 1.54) is 6.42 Å². The van der Waals surface area contributed by atoms with Crippen molar-refractivity contribution in [1.82, 2.24) is 5.32 Å². The Labute approximate surface area is 97.0 Å². The molecule has 0 aromatic heterocycles. The van der Waals surface area contributed by atoms with Crippen LogP contribution in [0.2, 0.25) is 0 Å². The Morgan fingerprint density at radius 3 is 3.06 bits per heavy atom. The molecule has 1 heterocycles. The van der Waals surface area contributed by atoms with Crippen molar-refractivity contribution in [2.24, 2.45) is 16.8 Å². The van der Waals surface area contributed by atoms with Crippen LogP contribution in [-0.4, -0.2) is 36.8 Å². The summed E-state index contributed by atoms with van der Waals surface area (Å²) >= 11 is 0. The molecule has 0 aromatic carbocycles. The summed E-state index contributed by atoms with van der Waals surface area (Å²) in [6.45, 7) is 4.81. The fraction of sp³-hybridized carbons (Fsp3) is 0.909. The lowest BCUT2D eigenvalue weighted by Crippen LogP contribution is -2.38. The Morgan fingerprint density at radius 2 is 2.50 bits per heavy atom. The zero-order valence-corrected chi connectivity index (χ0v) is 9.98. The first kappa shape index (κ1) is 13.3. The highest BCUT2D eigenvalue weighted by Gasteiger charge is 2.16. The topological polar surface area (TPSA) is 79.9 Å². The summed E-state index contributed by atoms with van der Waals surface area (Å²) in [6.07, 6.45) is 3.96. The third kappa shape index (κ3) is 4.81. The Kier molecular flexibility index (Phi) is 6.18. The standard InChI is InChI=1S/C11H23N3O2/c1-2-10(6-11(12)14-15)13-7-9-4-3-5-16-8-9/h9-10,13,15H,2-8H2,1H3,(H2,12,14). The molecule has 4 N–H and O–H groups in total. The molecule has 0 amide bonds. The van der Waals surface area contributed by atoms with Gasteiger partial charge in [-0.15, -0.1) is 0 Å². The van der Waals surface area contributed by atoms with E-state index in [0.717, 1.165) is 32.6 Å². The molecule has 0 saturated carbocycles. The van der Waals surface area contributed by atoms with Crippen LogP contribution in [0, 0.1) is 5.92 Å². The largest absolute Gasteiger partial charge is 0.409 e. The van der Waals surface area contributed by atoms with Crippen LogP contribution in [0.25, 0.3) is 0 Å². The van der Waals surface area contributed by atoms with Crippen LogP contribution in [0.15, 0.2) is 5.16 Å². The lowest BCUT2D eigenvalue weighted by molar-refractivity contribution is 0.0538. The number of amidine groups is 1. The summed E-state index contributed by atoms with van der Waals surface area (Å²) in [5.74, 6) is 0.898. The lowest BCUT2D eigenvalue weighted by Gasteiger charge is -2.25. The highest BCUT2D eigenvalue weighted by Crippen LogP contribution is 2.12. The Hall–Kier alpha value is -0.810. The van der Waals surface area contributed by atoms with Gasteiger partial charge in [0.2, 0.25) is 0 Å². The van der Waals surface area contributed by atoms with Gasteiger partial charge in [0.05, 0.1) is 6.61 Å². The number of rotatable bonds is 6. The second-order valence-corrected chi connectivity index (χ2v) is 4.39. The number of nitrogens with zero attached hydrogens (tertiary/aromatic N) is 1. The zero-order chi connectivity index (χ0) is 11.8. The predicted molar refractivity (Wildman–Crippen MR) is 63.7 cm³/mol. The monoisotopic (exact) mass is 229 g/mol. The molecule has 5 heteroatoms. The summed E-state index contributed by atoms with van der Waals surface area (Å²) in [5, 5.41) is 15.0. The van der Waals surface area contributed by atoms with E-state index in [9.17, 15) is 0 Å². The smallest absolute Gasteiger partial charge is 0.140 e. The molecule has 2 unspecified atom stereocenters.